The van der Waals surface area contributed by atoms with Crippen molar-refractivity contribution in [2.75, 3.05) is 39.0 Å². The van der Waals surface area contributed by atoms with E-state index in [0.717, 1.165) is 32.4 Å². The fourth-order valence-corrected chi connectivity index (χ4v) is 1.64. The number of amides is 1. The zero-order chi connectivity index (χ0) is 14.8. The van der Waals surface area contributed by atoms with Gasteiger partial charge in [0.2, 0.25) is 0 Å². The summed E-state index contributed by atoms with van der Waals surface area (Å²) in [7, 11) is 4.09. The molecule has 1 aromatic rings. The highest BCUT2D eigenvalue weighted by Crippen LogP contribution is 2.01. The lowest BCUT2D eigenvalue weighted by Crippen LogP contribution is -2.26. The Morgan fingerprint density at radius 3 is 2.60 bits per heavy atom. The second-order valence-electron chi connectivity index (χ2n) is 4.98. The molecule has 1 amide bonds. The number of anilines is 1. The molecule has 0 bridgehead atoms. The van der Waals surface area contributed by atoms with Gasteiger partial charge in [0.1, 0.15) is 11.5 Å². The predicted octanol–water partition coefficient (Wildman–Crippen LogP) is 1.37. The summed E-state index contributed by atoms with van der Waals surface area (Å²) >= 11 is 0. The Balaban J connectivity index is 2.29. The molecule has 0 radical (unpaired) electrons. The Morgan fingerprint density at radius 2 is 2.00 bits per heavy atom. The maximum Gasteiger partial charge on any atom is 0.271 e. The van der Waals surface area contributed by atoms with E-state index in [1.807, 2.05) is 14.1 Å². The van der Waals surface area contributed by atoms with Crippen LogP contribution in [-0.4, -0.2) is 54.5 Å². The quantitative estimate of drug-likeness (QED) is 0.668. The zero-order valence-corrected chi connectivity index (χ0v) is 12.6. The molecule has 1 rings (SSSR count). The van der Waals surface area contributed by atoms with Crippen LogP contribution in [0, 0.1) is 0 Å². The summed E-state index contributed by atoms with van der Waals surface area (Å²) in [4.78, 5) is 22.2. The van der Waals surface area contributed by atoms with Crippen LogP contribution in [0.3, 0.4) is 0 Å². The Bertz CT molecular complexity index is 391. The third-order valence-electron chi connectivity index (χ3n) is 2.76. The number of unbranched alkanes of at least 4 members (excludes halogenated alkanes) is 1. The number of rotatable bonds is 9. The van der Waals surface area contributed by atoms with E-state index in [9.17, 15) is 4.79 Å². The first-order chi connectivity index (χ1) is 9.63. The predicted molar refractivity (Wildman–Crippen MR) is 80.9 cm³/mol. The maximum absolute atomic E-state index is 11.8. The first kappa shape index (κ1) is 16.4. The first-order valence-electron chi connectivity index (χ1n) is 7.12. The van der Waals surface area contributed by atoms with Crippen molar-refractivity contribution < 1.29 is 4.79 Å². The van der Waals surface area contributed by atoms with Crippen LogP contribution < -0.4 is 10.6 Å². The molecule has 0 unspecified atom stereocenters. The third-order valence-corrected chi connectivity index (χ3v) is 2.76. The van der Waals surface area contributed by atoms with Crippen LogP contribution in [0.15, 0.2) is 12.4 Å². The summed E-state index contributed by atoms with van der Waals surface area (Å²) < 4.78 is 0. The number of nitrogens with zero attached hydrogens (tertiary/aromatic N) is 3. The Hall–Kier alpha value is -1.69. The first-order valence-corrected chi connectivity index (χ1v) is 7.12. The van der Waals surface area contributed by atoms with Crippen molar-refractivity contribution >= 4 is 11.7 Å². The molecule has 1 aromatic heterocycles. The van der Waals surface area contributed by atoms with Gasteiger partial charge in [-0.2, -0.15) is 0 Å². The van der Waals surface area contributed by atoms with Crippen molar-refractivity contribution in [3.8, 4) is 0 Å². The molecule has 0 spiro atoms. The largest absolute Gasteiger partial charge is 0.369 e. The lowest BCUT2D eigenvalue weighted by Gasteiger charge is -2.09. The number of hydrogen-bond donors (Lipinski definition) is 2. The highest BCUT2D eigenvalue weighted by atomic mass is 16.1. The van der Waals surface area contributed by atoms with Gasteiger partial charge in [-0.3, -0.25) is 4.79 Å². The van der Waals surface area contributed by atoms with Gasteiger partial charge in [0, 0.05) is 13.1 Å². The van der Waals surface area contributed by atoms with E-state index in [1.54, 1.807) is 6.20 Å². The van der Waals surface area contributed by atoms with E-state index in [2.05, 4.69) is 32.4 Å². The molecule has 0 fully saturated rings. The minimum absolute atomic E-state index is 0.163. The van der Waals surface area contributed by atoms with Crippen LogP contribution in [0.5, 0.6) is 0 Å². The van der Waals surface area contributed by atoms with Crippen molar-refractivity contribution in [2.24, 2.45) is 0 Å². The number of aromatic nitrogens is 2. The van der Waals surface area contributed by atoms with Crippen LogP contribution in [0.1, 0.15) is 36.7 Å². The summed E-state index contributed by atoms with van der Waals surface area (Å²) in [6, 6.07) is 0. The molecule has 0 aliphatic rings. The molecule has 1 heterocycles. The molecule has 0 saturated carbocycles. The Morgan fingerprint density at radius 1 is 1.20 bits per heavy atom. The molecule has 0 aromatic carbocycles. The molecule has 6 heteroatoms. The van der Waals surface area contributed by atoms with Gasteiger partial charge in [-0.05, 0) is 39.9 Å². The molecule has 0 aliphatic heterocycles. The number of hydrogen-bond acceptors (Lipinski definition) is 5. The van der Waals surface area contributed by atoms with Gasteiger partial charge in [-0.25, -0.2) is 9.97 Å². The standard InChI is InChI=1S/C14H25N5O/c1-4-7-15-13-11-17-12(10-18-13)14(20)16-8-5-6-9-19(2)3/h10-11H,4-9H2,1-3H3,(H,15,18)(H,16,20). The van der Waals surface area contributed by atoms with E-state index in [4.69, 9.17) is 0 Å². The SMILES string of the molecule is CCCNc1cnc(C(=O)NCCCCN(C)C)cn1. The van der Waals surface area contributed by atoms with Gasteiger partial charge in [0.05, 0.1) is 12.4 Å². The second kappa shape index (κ2) is 9.25. The van der Waals surface area contributed by atoms with Gasteiger partial charge >= 0.3 is 0 Å². The summed E-state index contributed by atoms with van der Waals surface area (Å²) in [5, 5.41) is 5.98. The van der Waals surface area contributed by atoms with Crippen LogP contribution >= 0.6 is 0 Å². The second-order valence-corrected chi connectivity index (χ2v) is 4.98. The summed E-state index contributed by atoms with van der Waals surface area (Å²) in [6.45, 7) is 4.64. The average molecular weight is 279 g/mol. The molecule has 0 atom stereocenters. The summed E-state index contributed by atoms with van der Waals surface area (Å²) in [5.74, 6) is 0.541. The highest BCUT2D eigenvalue weighted by Gasteiger charge is 2.06. The minimum atomic E-state index is -0.163. The van der Waals surface area contributed by atoms with E-state index < -0.39 is 0 Å². The molecule has 112 valence electrons. The number of carbonyl (C=O) groups excluding carboxylic acids is 1. The van der Waals surface area contributed by atoms with Crippen molar-refractivity contribution in [3.05, 3.63) is 18.1 Å². The van der Waals surface area contributed by atoms with Gasteiger partial charge in [0.15, 0.2) is 0 Å². The smallest absolute Gasteiger partial charge is 0.271 e. The fraction of sp³-hybridized carbons (Fsp3) is 0.643. The third kappa shape index (κ3) is 6.47. The summed E-state index contributed by atoms with van der Waals surface area (Å²) in [5.41, 5.74) is 0.361. The summed E-state index contributed by atoms with van der Waals surface area (Å²) in [6.07, 6.45) is 6.16. The van der Waals surface area contributed by atoms with Gasteiger partial charge in [0.25, 0.3) is 5.91 Å². The van der Waals surface area contributed by atoms with Crippen molar-refractivity contribution in [3.63, 3.8) is 0 Å². The zero-order valence-electron chi connectivity index (χ0n) is 12.6. The lowest BCUT2D eigenvalue weighted by molar-refractivity contribution is 0.0947. The van der Waals surface area contributed by atoms with Crippen LogP contribution in [0.2, 0.25) is 0 Å². The Labute approximate surface area is 121 Å². The van der Waals surface area contributed by atoms with Crippen molar-refractivity contribution in [2.45, 2.75) is 26.2 Å². The van der Waals surface area contributed by atoms with Gasteiger partial charge < -0.3 is 15.5 Å². The van der Waals surface area contributed by atoms with E-state index >= 15 is 0 Å². The Kier molecular flexibility index (Phi) is 7.57. The fourth-order valence-electron chi connectivity index (χ4n) is 1.64. The molecule has 20 heavy (non-hydrogen) atoms. The molecular weight excluding hydrogens is 254 g/mol. The number of carbonyl (C=O) groups is 1. The maximum atomic E-state index is 11.8. The average Bonchev–Trinajstić information content (AvgIpc) is 2.44. The lowest BCUT2D eigenvalue weighted by atomic mass is 10.3. The van der Waals surface area contributed by atoms with Crippen LogP contribution in [0.25, 0.3) is 0 Å². The molecule has 2 N–H and O–H groups in total. The van der Waals surface area contributed by atoms with E-state index in [0.29, 0.717) is 18.1 Å². The highest BCUT2D eigenvalue weighted by molar-refractivity contribution is 5.91. The van der Waals surface area contributed by atoms with Gasteiger partial charge in [-0.15, -0.1) is 0 Å². The van der Waals surface area contributed by atoms with Crippen LogP contribution in [-0.2, 0) is 0 Å². The monoisotopic (exact) mass is 279 g/mol. The van der Waals surface area contributed by atoms with Crippen molar-refractivity contribution in [1.29, 1.82) is 0 Å². The topological polar surface area (TPSA) is 70.2 Å². The van der Waals surface area contributed by atoms with Crippen LogP contribution in [0.4, 0.5) is 5.82 Å². The minimum Gasteiger partial charge on any atom is -0.369 e. The van der Waals surface area contributed by atoms with E-state index in [1.165, 1.54) is 6.20 Å². The molecule has 0 aliphatic carbocycles. The normalized spacial score (nSPS) is 10.6. The number of nitrogens with one attached hydrogen (secondary N) is 2. The van der Waals surface area contributed by atoms with Gasteiger partial charge in [-0.1, -0.05) is 6.92 Å². The molecule has 0 saturated heterocycles. The van der Waals surface area contributed by atoms with E-state index in [-0.39, 0.29) is 5.91 Å². The van der Waals surface area contributed by atoms with Crippen molar-refractivity contribution in [1.82, 2.24) is 20.2 Å². The molecular formula is C14H25N5O. The molecule has 6 nitrogen and oxygen atoms in total.